The lowest BCUT2D eigenvalue weighted by Crippen LogP contribution is -2.40. The van der Waals surface area contributed by atoms with Gasteiger partial charge in [0.1, 0.15) is 6.07 Å². The Hall–Kier alpha value is -1.13. The molecule has 1 saturated heterocycles. The third-order valence-corrected chi connectivity index (χ3v) is 5.81. The topological polar surface area (TPSA) is 87.2 Å². The molecule has 2 N–H and O–H groups in total. The third kappa shape index (κ3) is 2.96. The summed E-state index contributed by atoms with van der Waals surface area (Å²) in [6.45, 7) is 1.54. The molecule has 1 aromatic carbocycles. The molecule has 0 radical (unpaired) electrons. The summed E-state index contributed by atoms with van der Waals surface area (Å²) >= 11 is 5.90. The maximum Gasteiger partial charge on any atom is 0.243 e. The average Bonchev–Trinajstić information content (AvgIpc) is 2.47. The van der Waals surface area contributed by atoms with Crippen LogP contribution in [0, 0.1) is 17.2 Å². The van der Waals surface area contributed by atoms with Crippen molar-refractivity contribution in [2.75, 3.05) is 19.6 Å². The molecule has 5 nitrogen and oxygen atoms in total. The van der Waals surface area contributed by atoms with Gasteiger partial charge in [0.2, 0.25) is 10.0 Å². The van der Waals surface area contributed by atoms with Crippen LogP contribution in [0.5, 0.6) is 0 Å². The average molecular weight is 314 g/mol. The van der Waals surface area contributed by atoms with Gasteiger partial charge in [-0.25, -0.2) is 8.42 Å². The van der Waals surface area contributed by atoms with Crippen LogP contribution in [0.4, 0.5) is 0 Å². The number of nitrogens with two attached hydrogens (primary N) is 1. The molecule has 20 heavy (non-hydrogen) atoms. The maximum atomic E-state index is 12.5. The van der Waals surface area contributed by atoms with E-state index in [9.17, 15) is 8.42 Å². The van der Waals surface area contributed by atoms with Crippen LogP contribution in [0.2, 0.25) is 5.02 Å². The van der Waals surface area contributed by atoms with Gasteiger partial charge < -0.3 is 5.73 Å². The van der Waals surface area contributed by atoms with Gasteiger partial charge >= 0.3 is 0 Å². The van der Waals surface area contributed by atoms with Crippen LogP contribution in [0.3, 0.4) is 0 Å². The lowest BCUT2D eigenvalue weighted by atomic mass is 9.99. The Morgan fingerprint density at radius 1 is 1.40 bits per heavy atom. The highest BCUT2D eigenvalue weighted by molar-refractivity contribution is 7.89. The van der Waals surface area contributed by atoms with E-state index in [4.69, 9.17) is 22.6 Å². The van der Waals surface area contributed by atoms with Crippen LogP contribution in [0.25, 0.3) is 0 Å². The van der Waals surface area contributed by atoms with Crippen molar-refractivity contribution < 1.29 is 8.42 Å². The number of hydrogen-bond donors (Lipinski definition) is 1. The Morgan fingerprint density at radius 2 is 2.05 bits per heavy atom. The van der Waals surface area contributed by atoms with Crippen LogP contribution in [-0.4, -0.2) is 32.4 Å². The van der Waals surface area contributed by atoms with Crippen LogP contribution in [0.15, 0.2) is 23.1 Å². The summed E-state index contributed by atoms with van der Waals surface area (Å²) in [5.41, 5.74) is 5.88. The molecule has 7 heteroatoms. The van der Waals surface area contributed by atoms with Crippen molar-refractivity contribution in [3.05, 3.63) is 28.8 Å². The second-order valence-electron chi connectivity index (χ2n) is 4.84. The molecule has 1 aliphatic rings. The van der Waals surface area contributed by atoms with Crippen LogP contribution >= 0.6 is 11.6 Å². The van der Waals surface area contributed by atoms with Crippen LogP contribution < -0.4 is 5.73 Å². The second-order valence-corrected chi connectivity index (χ2v) is 7.18. The number of sulfonamides is 1. The first-order valence-corrected chi connectivity index (χ1v) is 8.20. The van der Waals surface area contributed by atoms with Gasteiger partial charge in [-0.2, -0.15) is 9.57 Å². The third-order valence-electron chi connectivity index (χ3n) is 3.61. The molecule has 0 spiro atoms. The molecule has 1 aromatic rings. The largest absolute Gasteiger partial charge is 0.330 e. The molecule has 2 rings (SSSR count). The highest BCUT2D eigenvalue weighted by Crippen LogP contribution is 2.26. The fraction of sp³-hybridized carbons (Fsp3) is 0.462. The first-order chi connectivity index (χ1) is 9.48. The number of nitriles is 1. The molecule has 108 valence electrons. The number of halogens is 1. The summed E-state index contributed by atoms with van der Waals surface area (Å²) < 4.78 is 26.4. The number of piperidine rings is 1. The van der Waals surface area contributed by atoms with E-state index >= 15 is 0 Å². The predicted molar refractivity (Wildman–Crippen MR) is 76.7 cm³/mol. The van der Waals surface area contributed by atoms with Gasteiger partial charge in [0.05, 0.1) is 15.5 Å². The van der Waals surface area contributed by atoms with Crippen molar-refractivity contribution in [1.82, 2.24) is 4.31 Å². The molecule has 0 bridgehead atoms. The van der Waals surface area contributed by atoms with Crippen molar-refractivity contribution in [3.8, 4) is 6.07 Å². The quantitative estimate of drug-likeness (QED) is 0.917. The van der Waals surface area contributed by atoms with E-state index in [0.717, 1.165) is 12.8 Å². The zero-order valence-electron chi connectivity index (χ0n) is 10.9. The first kappa shape index (κ1) is 15.3. The zero-order valence-corrected chi connectivity index (χ0v) is 12.5. The van der Waals surface area contributed by atoms with E-state index in [1.54, 1.807) is 0 Å². The highest BCUT2D eigenvalue weighted by Gasteiger charge is 2.29. The molecule has 0 saturated carbocycles. The van der Waals surface area contributed by atoms with Crippen molar-refractivity contribution in [1.29, 1.82) is 5.26 Å². The van der Waals surface area contributed by atoms with Crippen molar-refractivity contribution in [3.63, 3.8) is 0 Å². The van der Waals surface area contributed by atoms with Gasteiger partial charge in [0.25, 0.3) is 0 Å². The van der Waals surface area contributed by atoms with E-state index in [-0.39, 0.29) is 15.5 Å². The minimum absolute atomic E-state index is 0.132. The Balaban J connectivity index is 2.23. The van der Waals surface area contributed by atoms with Crippen LogP contribution in [0.1, 0.15) is 18.4 Å². The number of hydrogen-bond acceptors (Lipinski definition) is 4. The molecule has 0 unspecified atom stereocenters. The molecule has 0 amide bonds. The first-order valence-electron chi connectivity index (χ1n) is 6.39. The standard InChI is InChI=1S/C13H16ClN3O2S/c14-13-7-12(2-1-11(13)9-16)20(18,19)17-5-3-10(8-15)4-6-17/h1-2,7,10H,3-6,8,15H2. The summed E-state index contributed by atoms with van der Waals surface area (Å²) in [6.07, 6.45) is 1.56. The van der Waals surface area contributed by atoms with Crippen molar-refractivity contribution in [2.45, 2.75) is 17.7 Å². The molecule has 1 fully saturated rings. The smallest absolute Gasteiger partial charge is 0.243 e. The SMILES string of the molecule is N#Cc1ccc(S(=O)(=O)N2CCC(CN)CC2)cc1Cl. The summed E-state index contributed by atoms with van der Waals surface area (Å²) in [6, 6.07) is 6.11. The Bertz CT molecular complexity index is 632. The molecular formula is C13H16ClN3O2S. The van der Waals surface area contributed by atoms with Gasteiger partial charge in [-0.15, -0.1) is 0 Å². The fourth-order valence-corrected chi connectivity index (χ4v) is 4.07. The van der Waals surface area contributed by atoms with E-state index in [0.29, 0.717) is 25.6 Å². The van der Waals surface area contributed by atoms with E-state index in [2.05, 4.69) is 0 Å². The summed E-state index contributed by atoms with van der Waals surface area (Å²) in [7, 11) is -3.54. The van der Waals surface area contributed by atoms with Gasteiger partial charge in [0.15, 0.2) is 0 Å². The number of benzene rings is 1. The predicted octanol–water partition coefficient (Wildman–Crippen LogP) is 1.57. The number of rotatable bonds is 3. The van der Waals surface area contributed by atoms with Gasteiger partial charge in [-0.1, -0.05) is 11.6 Å². The molecule has 0 atom stereocenters. The summed E-state index contributed by atoms with van der Waals surface area (Å²) in [5, 5.41) is 8.97. The summed E-state index contributed by atoms with van der Waals surface area (Å²) in [4.78, 5) is 0.132. The van der Waals surface area contributed by atoms with Crippen LogP contribution in [-0.2, 0) is 10.0 Å². The molecule has 0 aromatic heterocycles. The molecule has 0 aliphatic carbocycles. The normalized spacial score (nSPS) is 17.9. The fourth-order valence-electron chi connectivity index (χ4n) is 2.28. The molecular weight excluding hydrogens is 298 g/mol. The Labute approximate surface area is 124 Å². The maximum absolute atomic E-state index is 12.5. The monoisotopic (exact) mass is 313 g/mol. The van der Waals surface area contributed by atoms with E-state index < -0.39 is 10.0 Å². The Morgan fingerprint density at radius 3 is 2.55 bits per heavy atom. The highest BCUT2D eigenvalue weighted by atomic mass is 35.5. The van der Waals surface area contributed by atoms with Crippen molar-refractivity contribution >= 4 is 21.6 Å². The van der Waals surface area contributed by atoms with Crippen molar-refractivity contribution in [2.24, 2.45) is 11.7 Å². The number of nitrogens with zero attached hydrogens (tertiary/aromatic N) is 2. The molecule has 1 aliphatic heterocycles. The van der Waals surface area contributed by atoms with E-state index in [1.807, 2.05) is 6.07 Å². The minimum atomic E-state index is -3.54. The summed E-state index contributed by atoms with van der Waals surface area (Å²) in [5.74, 6) is 0.394. The zero-order chi connectivity index (χ0) is 14.8. The minimum Gasteiger partial charge on any atom is -0.330 e. The lowest BCUT2D eigenvalue weighted by molar-refractivity contribution is 0.278. The van der Waals surface area contributed by atoms with Gasteiger partial charge in [0, 0.05) is 13.1 Å². The van der Waals surface area contributed by atoms with E-state index in [1.165, 1.54) is 22.5 Å². The second kappa shape index (κ2) is 6.10. The Kier molecular flexibility index (Phi) is 4.66. The van der Waals surface area contributed by atoms with Gasteiger partial charge in [-0.05, 0) is 43.5 Å². The molecule has 1 heterocycles. The lowest BCUT2D eigenvalue weighted by Gasteiger charge is -2.30. The van der Waals surface area contributed by atoms with Gasteiger partial charge in [-0.3, -0.25) is 0 Å².